The maximum absolute atomic E-state index is 2.23. The Hall–Kier alpha value is -0.820. The van der Waals surface area contributed by atoms with Crippen LogP contribution in [0.1, 0.15) is 25.3 Å². The molecule has 0 spiro atoms. The van der Waals surface area contributed by atoms with Gasteiger partial charge in [0, 0.05) is 0 Å². The molecule has 2 N–H and O–H groups in total. The number of rotatable bonds is 4. The summed E-state index contributed by atoms with van der Waals surface area (Å²) in [7, 11) is 2.07. The summed E-state index contributed by atoms with van der Waals surface area (Å²) in [6.45, 7) is 2.23. The van der Waals surface area contributed by atoms with Crippen LogP contribution in [0.25, 0.3) is 0 Å². The van der Waals surface area contributed by atoms with Gasteiger partial charge < -0.3 is 5.32 Å². The Bertz CT molecular complexity index is 213. The van der Waals surface area contributed by atoms with Gasteiger partial charge in [0.05, 0.1) is 7.05 Å². The van der Waals surface area contributed by atoms with E-state index in [-0.39, 0.29) is 0 Å². The second kappa shape index (κ2) is 4.94. The van der Waals surface area contributed by atoms with Crippen LogP contribution >= 0.6 is 0 Å². The van der Waals surface area contributed by atoms with E-state index in [0.29, 0.717) is 0 Å². The molecular weight excluding hydrogens is 146 g/mol. The molecule has 0 saturated heterocycles. The highest BCUT2D eigenvalue weighted by Gasteiger charge is 1.94. The van der Waals surface area contributed by atoms with Crippen molar-refractivity contribution in [3.05, 3.63) is 29.8 Å². The summed E-state index contributed by atoms with van der Waals surface area (Å²) >= 11 is 0. The van der Waals surface area contributed by atoms with Gasteiger partial charge in [-0.15, -0.1) is 0 Å². The Labute approximate surface area is 74.8 Å². The van der Waals surface area contributed by atoms with Crippen LogP contribution in [0.3, 0.4) is 0 Å². The molecule has 0 bridgehead atoms. The average molecular weight is 164 g/mol. The Kier molecular flexibility index (Phi) is 3.81. The number of quaternary nitrogens is 1. The largest absolute Gasteiger partial charge is 0.316 e. The fourth-order valence-electron chi connectivity index (χ4n) is 1.26. The van der Waals surface area contributed by atoms with Crippen molar-refractivity contribution in [1.82, 2.24) is 0 Å². The van der Waals surface area contributed by atoms with Crippen molar-refractivity contribution in [3.8, 4) is 0 Å². The number of benzene rings is 1. The lowest BCUT2D eigenvalue weighted by molar-refractivity contribution is -0.539. The number of unbranched alkanes of at least 4 members (excludes halogenated alkanes) is 1. The fourth-order valence-corrected chi connectivity index (χ4v) is 1.26. The fraction of sp³-hybridized carbons (Fsp3) is 0.455. The Morgan fingerprint density at radius 3 is 2.33 bits per heavy atom. The molecule has 12 heavy (non-hydrogen) atoms. The minimum absolute atomic E-state index is 1.22. The van der Waals surface area contributed by atoms with E-state index in [9.17, 15) is 0 Å². The second-order valence-electron chi connectivity index (χ2n) is 3.13. The molecule has 0 radical (unpaired) electrons. The number of aryl methyl sites for hydroxylation is 1. The standard InChI is InChI=1S/C11H17N/c1-3-4-5-10-6-8-11(12-2)9-7-10/h6-9,12H,3-5H2,1-2H3/p+1. The molecule has 0 fully saturated rings. The number of hydrogen-bond donors (Lipinski definition) is 1. The van der Waals surface area contributed by atoms with Gasteiger partial charge in [0.25, 0.3) is 0 Å². The first-order valence-corrected chi connectivity index (χ1v) is 4.75. The van der Waals surface area contributed by atoms with Crippen molar-refractivity contribution in [2.75, 3.05) is 7.05 Å². The molecular formula is C11H18N+. The van der Waals surface area contributed by atoms with Gasteiger partial charge in [0.15, 0.2) is 0 Å². The van der Waals surface area contributed by atoms with Gasteiger partial charge in [-0.25, -0.2) is 0 Å². The van der Waals surface area contributed by atoms with E-state index in [1.165, 1.54) is 30.5 Å². The van der Waals surface area contributed by atoms with Gasteiger partial charge in [-0.2, -0.15) is 0 Å². The zero-order valence-electron chi connectivity index (χ0n) is 8.01. The Morgan fingerprint density at radius 2 is 1.83 bits per heavy atom. The van der Waals surface area contributed by atoms with E-state index in [1.807, 2.05) is 0 Å². The lowest BCUT2D eigenvalue weighted by Gasteiger charge is -1.99. The molecule has 66 valence electrons. The topological polar surface area (TPSA) is 16.6 Å². The van der Waals surface area contributed by atoms with Gasteiger partial charge >= 0.3 is 0 Å². The van der Waals surface area contributed by atoms with Crippen LogP contribution in [-0.4, -0.2) is 7.05 Å². The van der Waals surface area contributed by atoms with Crippen LogP contribution in [0.15, 0.2) is 24.3 Å². The van der Waals surface area contributed by atoms with Crippen molar-refractivity contribution in [3.63, 3.8) is 0 Å². The predicted octanol–water partition coefficient (Wildman–Crippen LogP) is 1.85. The van der Waals surface area contributed by atoms with E-state index < -0.39 is 0 Å². The molecule has 1 nitrogen and oxygen atoms in total. The summed E-state index contributed by atoms with van der Waals surface area (Å²) in [6.07, 6.45) is 3.80. The van der Waals surface area contributed by atoms with E-state index in [0.717, 1.165) is 0 Å². The van der Waals surface area contributed by atoms with E-state index >= 15 is 0 Å². The minimum atomic E-state index is 1.22. The smallest absolute Gasteiger partial charge is 0.129 e. The summed E-state index contributed by atoms with van der Waals surface area (Å²) in [5, 5.41) is 2.13. The third-order valence-corrected chi connectivity index (χ3v) is 2.13. The van der Waals surface area contributed by atoms with Crippen molar-refractivity contribution in [2.45, 2.75) is 26.2 Å². The third-order valence-electron chi connectivity index (χ3n) is 2.13. The van der Waals surface area contributed by atoms with Crippen LogP contribution in [0.5, 0.6) is 0 Å². The van der Waals surface area contributed by atoms with Gasteiger partial charge in [-0.05, 0) is 30.5 Å². The summed E-state index contributed by atoms with van der Waals surface area (Å²) in [5.74, 6) is 0. The third kappa shape index (κ3) is 2.67. The minimum Gasteiger partial charge on any atom is -0.316 e. The molecule has 0 aliphatic rings. The predicted molar refractivity (Wildman–Crippen MR) is 52.6 cm³/mol. The van der Waals surface area contributed by atoms with Gasteiger partial charge in [0.1, 0.15) is 5.69 Å². The van der Waals surface area contributed by atoms with Gasteiger partial charge in [0.2, 0.25) is 0 Å². The normalized spacial score (nSPS) is 10.2. The summed E-state index contributed by atoms with van der Waals surface area (Å²) < 4.78 is 0. The molecule has 0 saturated carbocycles. The quantitative estimate of drug-likeness (QED) is 0.654. The molecule has 0 heterocycles. The van der Waals surface area contributed by atoms with Crippen molar-refractivity contribution in [1.29, 1.82) is 0 Å². The SMILES string of the molecule is CCCCc1ccc([NH2+]C)cc1. The molecule has 1 aromatic rings. The van der Waals surface area contributed by atoms with Crippen molar-refractivity contribution < 1.29 is 5.32 Å². The molecule has 1 heteroatoms. The van der Waals surface area contributed by atoms with Crippen LogP contribution in [0.4, 0.5) is 5.69 Å². The van der Waals surface area contributed by atoms with Crippen molar-refractivity contribution in [2.24, 2.45) is 0 Å². The number of nitrogens with two attached hydrogens (primary N) is 1. The average Bonchev–Trinajstić information content (AvgIpc) is 2.15. The van der Waals surface area contributed by atoms with Crippen LogP contribution in [0, 0.1) is 0 Å². The van der Waals surface area contributed by atoms with Crippen molar-refractivity contribution >= 4 is 5.69 Å². The highest BCUT2D eigenvalue weighted by Crippen LogP contribution is 2.07. The van der Waals surface area contributed by atoms with Crippen LogP contribution in [0.2, 0.25) is 0 Å². The van der Waals surface area contributed by atoms with Gasteiger partial charge in [-0.3, -0.25) is 0 Å². The Morgan fingerprint density at radius 1 is 1.17 bits per heavy atom. The Balaban J connectivity index is 2.53. The number of hydrogen-bond acceptors (Lipinski definition) is 0. The molecule has 1 rings (SSSR count). The van der Waals surface area contributed by atoms with E-state index in [2.05, 4.69) is 43.6 Å². The maximum atomic E-state index is 2.23. The second-order valence-corrected chi connectivity index (χ2v) is 3.13. The first kappa shape index (κ1) is 9.27. The van der Waals surface area contributed by atoms with Gasteiger partial charge in [-0.1, -0.05) is 25.5 Å². The summed E-state index contributed by atoms with van der Waals surface area (Å²) in [4.78, 5) is 0. The molecule has 0 aliphatic carbocycles. The highest BCUT2D eigenvalue weighted by molar-refractivity contribution is 5.31. The molecule has 0 aromatic heterocycles. The molecule has 0 amide bonds. The molecule has 0 unspecified atom stereocenters. The lowest BCUT2D eigenvalue weighted by atomic mass is 10.1. The maximum Gasteiger partial charge on any atom is 0.129 e. The van der Waals surface area contributed by atoms with Crippen LogP contribution in [-0.2, 0) is 6.42 Å². The van der Waals surface area contributed by atoms with E-state index in [1.54, 1.807) is 0 Å². The van der Waals surface area contributed by atoms with Crippen LogP contribution < -0.4 is 5.32 Å². The first-order chi connectivity index (χ1) is 5.86. The monoisotopic (exact) mass is 164 g/mol. The zero-order chi connectivity index (χ0) is 8.81. The molecule has 0 aliphatic heterocycles. The highest BCUT2D eigenvalue weighted by atomic mass is 14.8. The lowest BCUT2D eigenvalue weighted by Crippen LogP contribution is -2.72. The summed E-state index contributed by atoms with van der Waals surface area (Å²) in [6, 6.07) is 8.83. The summed E-state index contributed by atoms with van der Waals surface area (Å²) in [5.41, 5.74) is 2.78. The van der Waals surface area contributed by atoms with E-state index in [4.69, 9.17) is 0 Å². The first-order valence-electron chi connectivity index (χ1n) is 4.75. The zero-order valence-corrected chi connectivity index (χ0v) is 8.01. The molecule has 1 aromatic carbocycles. The molecule has 0 atom stereocenters.